The van der Waals surface area contributed by atoms with Gasteiger partial charge in [-0.05, 0) is 43.5 Å². The van der Waals surface area contributed by atoms with E-state index in [4.69, 9.17) is 0 Å². The Morgan fingerprint density at radius 2 is 1.83 bits per heavy atom. The summed E-state index contributed by atoms with van der Waals surface area (Å²) >= 11 is 1.67. The van der Waals surface area contributed by atoms with Crippen molar-refractivity contribution in [2.24, 2.45) is 0 Å². The van der Waals surface area contributed by atoms with Gasteiger partial charge < -0.3 is 10.2 Å². The molecule has 2 aromatic heterocycles. The molecule has 6 heteroatoms. The van der Waals surface area contributed by atoms with Crippen LogP contribution in [0.2, 0.25) is 0 Å². The normalized spacial score (nSPS) is 14.3. The van der Waals surface area contributed by atoms with E-state index in [-0.39, 0.29) is 0 Å². The average molecular weight is 339 g/mol. The molecule has 1 aromatic carbocycles. The zero-order valence-electron chi connectivity index (χ0n) is 13.8. The van der Waals surface area contributed by atoms with E-state index in [9.17, 15) is 0 Å². The number of benzene rings is 1. The van der Waals surface area contributed by atoms with E-state index in [0.29, 0.717) is 0 Å². The number of nitrogens with zero attached hydrogens (tertiary/aromatic N) is 4. The summed E-state index contributed by atoms with van der Waals surface area (Å²) in [7, 11) is 0. The van der Waals surface area contributed by atoms with Gasteiger partial charge in [-0.15, -0.1) is 10.2 Å². The van der Waals surface area contributed by atoms with E-state index in [0.717, 1.165) is 29.9 Å². The van der Waals surface area contributed by atoms with Gasteiger partial charge in [-0.1, -0.05) is 29.5 Å². The molecule has 1 fully saturated rings. The highest BCUT2D eigenvalue weighted by Crippen LogP contribution is 2.27. The van der Waals surface area contributed by atoms with E-state index in [1.165, 1.54) is 29.8 Å². The van der Waals surface area contributed by atoms with Gasteiger partial charge in [-0.2, -0.15) is 0 Å². The van der Waals surface area contributed by atoms with Gasteiger partial charge in [-0.25, -0.2) is 0 Å². The molecule has 5 nitrogen and oxygen atoms in total. The molecule has 0 atom stereocenters. The van der Waals surface area contributed by atoms with Crippen LogP contribution in [0.25, 0.3) is 5.13 Å². The van der Waals surface area contributed by atoms with Crippen LogP contribution in [0.4, 0.5) is 10.8 Å². The Bertz CT molecular complexity index is 816. The first-order chi connectivity index (χ1) is 11.8. The van der Waals surface area contributed by atoms with Gasteiger partial charge in [0.1, 0.15) is 0 Å². The number of para-hydroxylation sites is 1. The maximum atomic E-state index is 4.40. The number of hydrogen-bond acceptors (Lipinski definition) is 5. The van der Waals surface area contributed by atoms with Crippen molar-refractivity contribution in [3.63, 3.8) is 0 Å². The maximum absolute atomic E-state index is 4.40. The molecular formula is C18H21N5S. The fourth-order valence-electron chi connectivity index (χ4n) is 3.05. The maximum Gasteiger partial charge on any atom is 0.218 e. The van der Waals surface area contributed by atoms with Gasteiger partial charge in [0.2, 0.25) is 10.3 Å². The van der Waals surface area contributed by atoms with Gasteiger partial charge >= 0.3 is 0 Å². The second-order valence-electron chi connectivity index (χ2n) is 6.10. The zero-order valence-corrected chi connectivity index (χ0v) is 14.6. The smallest absolute Gasteiger partial charge is 0.218 e. The molecule has 0 unspecified atom stereocenters. The third-order valence-electron chi connectivity index (χ3n) is 4.42. The molecule has 3 heterocycles. The van der Waals surface area contributed by atoms with Gasteiger partial charge in [0, 0.05) is 30.7 Å². The summed E-state index contributed by atoms with van der Waals surface area (Å²) in [6.45, 7) is 5.08. The number of aromatic nitrogens is 3. The number of rotatable bonds is 5. The highest BCUT2D eigenvalue weighted by atomic mass is 32.1. The molecule has 4 rings (SSSR count). The van der Waals surface area contributed by atoms with Crippen LogP contribution in [0.5, 0.6) is 0 Å². The minimum absolute atomic E-state index is 0.760. The molecule has 0 aliphatic carbocycles. The van der Waals surface area contributed by atoms with Crippen LogP contribution in [0.3, 0.4) is 0 Å². The predicted octanol–water partition coefficient (Wildman–Crippen LogP) is 3.85. The van der Waals surface area contributed by atoms with E-state index >= 15 is 0 Å². The lowest BCUT2D eigenvalue weighted by molar-refractivity contribution is 0.885. The van der Waals surface area contributed by atoms with E-state index < -0.39 is 0 Å². The van der Waals surface area contributed by atoms with Crippen LogP contribution in [0.15, 0.2) is 42.6 Å². The minimum atomic E-state index is 0.760. The SMILES string of the molecule is Cc1ccccc1NCc1cccn1-c1nnc(N2CCCC2)s1. The van der Waals surface area contributed by atoms with Gasteiger partial charge in [0.05, 0.1) is 6.54 Å². The van der Waals surface area contributed by atoms with Crippen molar-refractivity contribution < 1.29 is 0 Å². The molecule has 24 heavy (non-hydrogen) atoms. The van der Waals surface area contributed by atoms with Crippen LogP contribution >= 0.6 is 11.3 Å². The monoisotopic (exact) mass is 339 g/mol. The van der Waals surface area contributed by atoms with Gasteiger partial charge in [-0.3, -0.25) is 4.57 Å². The summed E-state index contributed by atoms with van der Waals surface area (Å²) in [5.74, 6) is 0. The fourth-order valence-corrected chi connectivity index (χ4v) is 3.96. The number of anilines is 2. The first-order valence-corrected chi connectivity index (χ1v) is 9.17. The van der Waals surface area contributed by atoms with Crippen molar-refractivity contribution in [1.29, 1.82) is 0 Å². The van der Waals surface area contributed by atoms with Crippen molar-refractivity contribution in [2.45, 2.75) is 26.3 Å². The van der Waals surface area contributed by atoms with E-state index in [1.54, 1.807) is 11.3 Å². The highest BCUT2D eigenvalue weighted by Gasteiger charge is 2.18. The summed E-state index contributed by atoms with van der Waals surface area (Å²) in [6.07, 6.45) is 4.57. The molecule has 1 N–H and O–H groups in total. The third-order valence-corrected chi connectivity index (χ3v) is 5.41. The van der Waals surface area contributed by atoms with Crippen molar-refractivity contribution in [3.8, 4) is 5.13 Å². The standard InChI is InChI=1S/C18H21N5S/c1-14-7-2-3-9-16(14)19-13-15-8-6-12-23(15)18-21-20-17(24-18)22-10-4-5-11-22/h2-3,6-9,12,19H,4-5,10-11,13H2,1H3. The Morgan fingerprint density at radius 1 is 1.04 bits per heavy atom. The summed E-state index contributed by atoms with van der Waals surface area (Å²) in [5.41, 5.74) is 3.60. The van der Waals surface area contributed by atoms with Crippen molar-refractivity contribution in [2.75, 3.05) is 23.3 Å². The molecule has 3 aromatic rings. The molecule has 124 valence electrons. The van der Waals surface area contributed by atoms with Crippen LogP contribution in [0, 0.1) is 6.92 Å². The number of aryl methyl sites for hydroxylation is 1. The summed E-state index contributed by atoms with van der Waals surface area (Å²) in [6, 6.07) is 12.5. The largest absolute Gasteiger partial charge is 0.379 e. The summed E-state index contributed by atoms with van der Waals surface area (Å²) < 4.78 is 2.13. The lowest BCUT2D eigenvalue weighted by Crippen LogP contribution is -2.17. The lowest BCUT2D eigenvalue weighted by Gasteiger charge is -2.12. The summed E-state index contributed by atoms with van der Waals surface area (Å²) in [5, 5.41) is 14.3. The first-order valence-electron chi connectivity index (χ1n) is 8.36. The lowest BCUT2D eigenvalue weighted by atomic mass is 10.2. The molecule has 0 amide bonds. The predicted molar refractivity (Wildman–Crippen MR) is 99.2 cm³/mol. The van der Waals surface area contributed by atoms with E-state index in [2.05, 4.69) is 74.5 Å². The summed E-state index contributed by atoms with van der Waals surface area (Å²) in [4.78, 5) is 2.33. The number of hydrogen-bond donors (Lipinski definition) is 1. The Balaban J connectivity index is 1.51. The van der Waals surface area contributed by atoms with Gasteiger partial charge in [0.15, 0.2) is 0 Å². The quantitative estimate of drug-likeness (QED) is 0.767. The van der Waals surface area contributed by atoms with Gasteiger partial charge in [0.25, 0.3) is 0 Å². The van der Waals surface area contributed by atoms with Crippen LogP contribution in [0.1, 0.15) is 24.1 Å². The molecule has 0 spiro atoms. The van der Waals surface area contributed by atoms with Crippen molar-refractivity contribution >= 4 is 22.2 Å². The molecule has 0 saturated carbocycles. The van der Waals surface area contributed by atoms with E-state index in [1.807, 2.05) is 0 Å². The average Bonchev–Trinajstić information content (AvgIpc) is 3.33. The first kappa shape index (κ1) is 15.2. The van der Waals surface area contributed by atoms with Crippen LogP contribution in [-0.4, -0.2) is 27.9 Å². The highest BCUT2D eigenvalue weighted by molar-refractivity contribution is 7.17. The van der Waals surface area contributed by atoms with Crippen LogP contribution in [-0.2, 0) is 6.54 Å². The van der Waals surface area contributed by atoms with Crippen LogP contribution < -0.4 is 10.2 Å². The zero-order chi connectivity index (χ0) is 16.4. The molecule has 1 aliphatic rings. The molecule has 1 saturated heterocycles. The Labute approximate surface area is 146 Å². The molecule has 0 radical (unpaired) electrons. The Kier molecular flexibility index (Phi) is 4.21. The Hall–Kier alpha value is -2.34. The Morgan fingerprint density at radius 3 is 2.67 bits per heavy atom. The molecular weight excluding hydrogens is 318 g/mol. The second kappa shape index (κ2) is 6.65. The second-order valence-corrected chi connectivity index (χ2v) is 7.03. The van der Waals surface area contributed by atoms with Crippen molar-refractivity contribution in [1.82, 2.24) is 14.8 Å². The minimum Gasteiger partial charge on any atom is -0.379 e. The topological polar surface area (TPSA) is 46.0 Å². The van der Waals surface area contributed by atoms with Crippen molar-refractivity contribution in [3.05, 3.63) is 53.9 Å². The number of nitrogens with one attached hydrogen (secondary N) is 1. The molecule has 0 bridgehead atoms. The molecule has 1 aliphatic heterocycles. The third kappa shape index (κ3) is 3.01. The fraction of sp³-hybridized carbons (Fsp3) is 0.333.